The Kier molecular flexibility index (Phi) is 2.30. The molecule has 14 heavy (non-hydrogen) atoms. The first-order valence-corrected chi connectivity index (χ1v) is 5.47. The van der Waals surface area contributed by atoms with Gasteiger partial charge in [0.15, 0.2) is 0 Å². The summed E-state index contributed by atoms with van der Waals surface area (Å²) >= 11 is 1.71. The van der Waals surface area contributed by atoms with E-state index in [4.69, 9.17) is 5.73 Å². The Bertz CT molecular complexity index is 438. The van der Waals surface area contributed by atoms with E-state index in [1.165, 1.54) is 21.6 Å². The summed E-state index contributed by atoms with van der Waals surface area (Å²) in [7, 11) is 0. The van der Waals surface area contributed by atoms with E-state index in [1.807, 2.05) is 5.38 Å². The first-order chi connectivity index (χ1) is 6.68. The van der Waals surface area contributed by atoms with Gasteiger partial charge in [0, 0.05) is 15.8 Å². The standard InChI is InChI=1S/C12H13NS/c1-8-4-3-5-10(6-8)12-9(2)14-7-11(12)13/h3-7H,13H2,1-2H3. The molecule has 0 aliphatic carbocycles. The maximum Gasteiger partial charge on any atom is 0.0505 e. The van der Waals surface area contributed by atoms with Crippen LogP contribution in [0, 0.1) is 13.8 Å². The monoisotopic (exact) mass is 203 g/mol. The van der Waals surface area contributed by atoms with Crippen LogP contribution in [-0.4, -0.2) is 0 Å². The molecular weight excluding hydrogens is 190 g/mol. The number of anilines is 1. The van der Waals surface area contributed by atoms with Gasteiger partial charge < -0.3 is 5.73 Å². The predicted molar refractivity (Wildman–Crippen MR) is 63.6 cm³/mol. The van der Waals surface area contributed by atoms with Gasteiger partial charge >= 0.3 is 0 Å². The lowest BCUT2D eigenvalue weighted by Crippen LogP contribution is -1.86. The minimum absolute atomic E-state index is 0.887. The van der Waals surface area contributed by atoms with Crippen LogP contribution in [0.4, 0.5) is 5.69 Å². The molecule has 2 N–H and O–H groups in total. The first kappa shape index (κ1) is 9.28. The van der Waals surface area contributed by atoms with Crippen LogP contribution < -0.4 is 5.73 Å². The number of benzene rings is 1. The first-order valence-electron chi connectivity index (χ1n) is 4.59. The molecule has 2 aromatic rings. The lowest BCUT2D eigenvalue weighted by atomic mass is 10.0. The summed E-state index contributed by atoms with van der Waals surface area (Å²) in [5.41, 5.74) is 10.5. The van der Waals surface area contributed by atoms with Crippen molar-refractivity contribution in [3.8, 4) is 11.1 Å². The van der Waals surface area contributed by atoms with Crippen LogP contribution in [0.15, 0.2) is 29.6 Å². The lowest BCUT2D eigenvalue weighted by Gasteiger charge is -2.03. The minimum Gasteiger partial charge on any atom is -0.398 e. The van der Waals surface area contributed by atoms with Crippen molar-refractivity contribution in [2.45, 2.75) is 13.8 Å². The molecule has 0 aliphatic rings. The van der Waals surface area contributed by atoms with Crippen molar-refractivity contribution < 1.29 is 0 Å². The highest BCUT2D eigenvalue weighted by Crippen LogP contribution is 2.34. The van der Waals surface area contributed by atoms with Crippen molar-refractivity contribution in [3.05, 3.63) is 40.1 Å². The second-order valence-electron chi connectivity index (χ2n) is 3.49. The van der Waals surface area contributed by atoms with Crippen molar-refractivity contribution in [1.82, 2.24) is 0 Å². The van der Waals surface area contributed by atoms with Crippen molar-refractivity contribution in [2.24, 2.45) is 0 Å². The van der Waals surface area contributed by atoms with Gasteiger partial charge in [-0.15, -0.1) is 11.3 Å². The zero-order chi connectivity index (χ0) is 10.1. The largest absolute Gasteiger partial charge is 0.398 e. The number of thiophene rings is 1. The molecule has 0 radical (unpaired) electrons. The van der Waals surface area contributed by atoms with Crippen LogP contribution in [0.3, 0.4) is 0 Å². The van der Waals surface area contributed by atoms with E-state index in [0.29, 0.717) is 0 Å². The van der Waals surface area contributed by atoms with Crippen LogP contribution in [-0.2, 0) is 0 Å². The van der Waals surface area contributed by atoms with Gasteiger partial charge in [0.2, 0.25) is 0 Å². The molecule has 0 fully saturated rings. The minimum atomic E-state index is 0.887. The molecule has 2 heteroatoms. The molecule has 0 saturated heterocycles. The quantitative estimate of drug-likeness (QED) is 0.752. The van der Waals surface area contributed by atoms with Crippen LogP contribution in [0.1, 0.15) is 10.4 Å². The Balaban J connectivity index is 2.59. The van der Waals surface area contributed by atoms with Crippen molar-refractivity contribution in [2.75, 3.05) is 5.73 Å². The highest BCUT2D eigenvalue weighted by atomic mass is 32.1. The van der Waals surface area contributed by atoms with Crippen LogP contribution in [0.2, 0.25) is 0 Å². The number of nitrogens with two attached hydrogens (primary N) is 1. The topological polar surface area (TPSA) is 26.0 Å². The normalized spacial score (nSPS) is 10.4. The summed E-state index contributed by atoms with van der Waals surface area (Å²) in [5, 5.41) is 2.01. The Hall–Kier alpha value is -1.28. The van der Waals surface area contributed by atoms with E-state index < -0.39 is 0 Å². The molecule has 0 spiro atoms. The van der Waals surface area contributed by atoms with Crippen LogP contribution in [0.25, 0.3) is 11.1 Å². The third-order valence-corrected chi connectivity index (χ3v) is 3.24. The number of nitrogen functional groups attached to an aromatic ring is 1. The summed E-state index contributed by atoms with van der Waals surface area (Å²) in [6.07, 6.45) is 0. The van der Waals surface area contributed by atoms with E-state index in [1.54, 1.807) is 11.3 Å². The molecule has 0 saturated carbocycles. The molecule has 72 valence electrons. The van der Waals surface area contributed by atoms with E-state index in [9.17, 15) is 0 Å². The highest BCUT2D eigenvalue weighted by Gasteiger charge is 2.07. The van der Waals surface area contributed by atoms with Crippen LogP contribution >= 0.6 is 11.3 Å². The Morgan fingerprint density at radius 2 is 2.00 bits per heavy atom. The fourth-order valence-electron chi connectivity index (χ4n) is 1.64. The smallest absolute Gasteiger partial charge is 0.0505 e. The maximum atomic E-state index is 5.93. The summed E-state index contributed by atoms with van der Waals surface area (Å²) in [6, 6.07) is 8.45. The molecule has 1 aromatic carbocycles. The molecule has 1 aromatic heterocycles. The van der Waals surface area contributed by atoms with Gasteiger partial charge in [-0.3, -0.25) is 0 Å². The van der Waals surface area contributed by atoms with Gasteiger partial charge in [-0.05, 0) is 19.4 Å². The highest BCUT2D eigenvalue weighted by molar-refractivity contribution is 7.11. The van der Waals surface area contributed by atoms with E-state index >= 15 is 0 Å². The molecule has 2 rings (SSSR count). The molecule has 1 nitrogen and oxygen atoms in total. The van der Waals surface area contributed by atoms with Crippen molar-refractivity contribution in [1.29, 1.82) is 0 Å². The second-order valence-corrected chi connectivity index (χ2v) is 4.58. The van der Waals surface area contributed by atoms with Crippen molar-refractivity contribution >= 4 is 17.0 Å². The summed E-state index contributed by atoms with van der Waals surface area (Å²) in [5.74, 6) is 0. The molecule has 0 aliphatic heterocycles. The summed E-state index contributed by atoms with van der Waals surface area (Å²) in [6.45, 7) is 4.21. The van der Waals surface area contributed by atoms with E-state index in [0.717, 1.165) is 5.69 Å². The predicted octanol–water partition coefficient (Wildman–Crippen LogP) is 3.61. The van der Waals surface area contributed by atoms with E-state index in [-0.39, 0.29) is 0 Å². The molecule has 0 bridgehead atoms. The third-order valence-electron chi connectivity index (χ3n) is 2.31. The SMILES string of the molecule is Cc1cccc(-c2c(N)csc2C)c1. The average Bonchev–Trinajstić information content (AvgIpc) is 2.46. The molecule has 0 atom stereocenters. The van der Waals surface area contributed by atoms with Gasteiger partial charge in [-0.2, -0.15) is 0 Å². The lowest BCUT2D eigenvalue weighted by molar-refractivity contribution is 1.46. The molecular formula is C12H13NS. The van der Waals surface area contributed by atoms with Gasteiger partial charge in [0.1, 0.15) is 0 Å². The van der Waals surface area contributed by atoms with E-state index in [2.05, 4.69) is 38.1 Å². The fraction of sp³-hybridized carbons (Fsp3) is 0.167. The number of rotatable bonds is 1. The van der Waals surface area contributed by atoms with Crippen molar-refractivity contribution in [3.63, 3.8) is 0 Å². The third kappa shape index (κ3) is 1.53. The Morgan fingerprint density at radius 1 is 1.21 bits per heavy atom. The number of aryl methyl sites for hydroxylation is 2. The Labute approximate surface area is 88.2 Å². The zero-order valence-electron chi connectivity index (χ0n) is 8.37. The van der Waals surface area contributed by atoms with Gasteiger partial charge in [0.05, 0.1) is 5.69 Å². The summed E-state index contributed by atoms with van der Waals surface area (Å²) in [4.78, 5) is 1.29. The van der Waals surface area contributed by atoms with Crippen LogP contribution in [0.5, 0.6) is 0 Å². The van der Waals surface area contributed by atoms with Gasteiger partial charge in [0.25, 0.3) is 0 Å². The zero-order valence-corrected chi connectivity index (χ0v) is 9.19. The number of hydrogen-bond donors (Lipinski definition) is 1. The summed E-state index contributed by atoms with van der Waals surface area (Å²) < 4.78 is 0. The number of hydrogen-bond acceptors (Lipinski definition) is 2. The second kappa shape index (κ2) is 3.46. The van der Waals surface area contributed by atoms with Gasteiger partial charge in [-0.25, -0.2) is 0 Å². The molecule has 0 amide bonds. The average molecular weight is 203 g/mol. The van der Waals surface area contributed by atoms with Gasteiger partial charge in [-0.1, -0.05) is 29.8 Å². The Morgan fingerprint density at radius 3 is 2.57 bits per heavy atom. The maximum absolute atomic E-state index is 5.93. The fourth-order valence-corrected chi connectivity index (χ4v) is 2.42. The molecule has 0 unspecified atom stereocenters. The molecule has 1 heterocycles.